The van der Waals surface area contributed by atoms with Crippen molar-refractivity contribution in [2.45, 2.75) is 58.5 Å². The van der Waals surface area contributed by atoms with E-state index in [9.17, 15) is 9.59 Å². The molecule has 2 amide bonds. The highest BCUT2D eigenvalue weighted by molar-refractivity contribution is 6.01. The van der Waals surface area contributed by atoms with E-state index in [-0.39, 0.29) is 11.8 Å². The Bertz CT molecular complexity index is 368. The van der Waals surface area contributed by atoms with Gasteiger partial charge in [0.2, 0.25) is 11.8 Å². The molecule has 0 aliphatic carbocycles. The van der Waals surface area contributed by atoms with Gasteiger partial charge in [0.1, 0.15) is 11.1 Å². The summed E-state index contributed by atoms with van der Waals surface area (Å²) < 4.78 is 0. The van der Waals surface area contributed by atoms with Crippen LogP contribution in [0.4, 0.5) is 0 Å². The van der Waals surface area contributed by atoms with Crippen LogP contribution in [0.1, 0.15) is 47.5 Å². The van der Waals surface area contributed by atoms with Crippen molar-refractivity contribution in [3.8, 4) is 0 Å². The molecule has 0 atom stereocenters. The second kappa shape index (κ2) is 5.12. The minimum atomic E-state index is -0.787. The number of hydrogen-bond donors (Lipinski definition) is 1. The first-order chi connectivity index (χ1) is 8.35. The van der Waals surface area contributed by atoms with E-state index in [0.29, 0.717) is 19.4 Å². The third kappa shape index (κ3) is 2.16. The number of nitrogens with zero attached hydrogens (tertiary/aromatic N) is 1. The highest BCUT2D eigenvalue weighted by atomic mass is 16.2. The van der Waals surface area contributed by atoms with Crippen LogP contribution in [0.15, 0.2) is 12.2 Å². The third-order valence-electron chi connectivity index (χ3n) is 3.97. The molecular formula is C14H24N2O2. The van der Waals surface area contributed by atoms with Crippen LogP contribution in [0, 0.1) is 0 Å². The Morgan fingerprint density at radius 1 is 1.22 bits per heavy atom. The Morgan fingerprint density at radius 2 is 1.78 bits per heavy atom. The van der Waals surface area contributed by atoms with Gasteiger partial charge in [0.05, 0.1) is 0 Å². The topological polar surface area (TPSA) is 49.4 Å². The van der Waals surface area contributed by atoms with E-state index in [2.05, 4.69) is 5.32 Å². The standard InChI is InChI=1S/C14H24N2O2/c1-6-9-10-16-12(18)14(7-2,8-3)15-11(17)13(16,4)5/h6,9H,7-8,10H2,1-5H3,(H,15,17)/b9-6+. The van der Waals surface area contributed by atoms with Crippen molar-refractivity contribution >= 4 is 11.8 Å². The lowest BCUT2D eigenvalue weighted by Gasteiger charge is -2.49. The zero-order valence-corrected chi connectivity index (χ0v) is 12.0. The van der Waals surface area contributed by atoms with Gasteiger partial charge < -0.3 is 10.2 Å². The first-order valence-corrected chi connectivity index (χ1v) is 6.61. The van der Waals surface area contributed by atoms with Gasteiger partial charge in [-0.3, -0.25) is 9.59 Å². The Hall–Kier alpha value is -1.32. The number of amides is 2. The number of rotatable bonds is 4. The molecule has 1 saturated heterocycles. The van der Waals surface area contributed by atoms with Crippen molar-refractivity contribution in [1.82, 2.24) is 10.2 Å². The number of hydrogen-bond acceptors (Lipinski definition) is 2. The summed E-state index contributed by atoms with van der Waals surface area (Å²) >= 11 is 0. The molecule has 1 aliphatic heterocycles. The van der Waals surface area contributed by atoms with Gasteiger partial charge in [0.25, 0.3) is 0 Å². The lowest BCUT2D eigenvalue weighted by atomic mass is 9.83. The number of carbonyl (C=O) groups excluding carboxylic acids is 2. The molecule has 4 nitrogen and oxygen atoms in total. The molecule has 18 heavy (non-hydrogen) atoms. The summed E-state index contributed by atoms with van der Waals surface area (Å²) in [5.41, 5.74) is -1.52. The van der Waals surface area contributed by atoms with Crippen LogP contribution in [0.5, 0.6) is 0 Å². The zero-order valence-electron chi connectivity index (χ0n) is 12.0. The van der Waals surface area contributed by atoms with E-state index in [1.54, 1.807) is 18.7 Å². The molecule has 102 valence electrons. The minimum Gasteiger partial charge on any atom is -0.340 e. The molecule has 1 heterocycles. The molecule has 4 heteroatoms. The van der Waals surface area contributed by atoms with E-state index in [1.807, 2.05) is 32.9 Å². The Balaban J connectivity index is 3.16. The summed E-state index contributed by atoms with van der Waals surface area (Å²) in [6, 6.07) is 0. The molecule has 1 fully saturated rings. The highest BCUT2D eigenvalue weighted by Gasteiger charge is 2.52. The van der Waals surface area contributed by atoms with Crippen molar-refractivity contribution in [2.24, 2.45) is 0 Å². The van der Waals surface area contributed by atoms with Crippen LogP contribution >= 0.6 is 0 Å². The SMILES string of the molecule is C/C=C/CN1C(=O)C(CC)(CC)NC(=O)C1(C)C. The molecule has 0 aromatic carbocycles. The fourth-order valence-corrected chi connectivity index (χ4v) is 2.31. The van der Waals surface area contributed by atoms with Crippen molar-refractivity contribution in [2.75, 3.05) is 6.54 Å². The number of carbonyl (C=O) groups is 2. The monoisotopic (exact) mass is 252 g/mol. The quantitative estimate of drug-likeness (QED) is 0.776. The second-order valence-corrected chi connectivity index (χ2v) is 5.29. The average molecular weight is 252 g/mol. The van der Waals surface area contributed by atoms with Crippen molar-refractivity contribution in [3.05, 3.63) is 12.2 Å². The van der Waals surface area contributed by atoms with Gasteiger partial charge in [-0.25, -0.2) is 0 Å². The van der Waals surface area contributed by atoms with E-state index in [1.165, 1.54) is 0 Å². The van der Waals surface area contributed by atoms with Gasteiger partial charge >= 0.3 is 0 Å². The van der Waals surface area contributed by atoms with Crippen LogP contribution in [-0.4, -0.2) is 34.3 Å². The molecule has 0 saturated carbocycles. The van der Waals surface area contributed by atoms with Gasteiger partial charge in [0.15, 0.2) is 0 Å². The lowest BCUT2D eigenvalue weighted by Crippen LogP contribution is -2.73. The summed E-state index contributed by atoms with van der Waals surface area (Å²) in [7, 11) is 0. The predicted molar refractivity (Wildman–Crippen MR) is 72.1 cm³/mol. The molecular weight excluding hydrogens is 228 g/mol. The molecule has 0 aromatic heterocycles. The van der Waals surface area contributed by atoms with Gasteiger partial charge in [-0.05, 0) is 33.6 Å². The van der Waals surface area contributed by atoms with Crippen LogP contribution < -0.4 is 5.32 Å². The highest BCUT2D eigenvalue weighted by Crippen LogP contribution is 2.30. The molecule has 1 rings (SSSR count). The van der Waals surface area contributed by atoms with Crippen molar-refractivity contribution in [1.29, 1.82) is 0 Å². The largest absolute Gasteiger partial charge is 0.340 e. The first kappa shape index (κ1) is 14.7. The summed E-state index contributed by atoms with van der Waals surface area (Å²) in [6.45, 7) is 9.85. The molecule has 0 radical (unpaired) electrons. The van der Waals surface area contributed by atoms with Crippen molar-refractivity contribution in [3.63, 3.8) is 0 Å². The second-order valence-electron chi connectivity index (χ2n) is 5.29. The summed E-state index contributed by atoms with van der Waals surface area (Å²) in [5, 5.41) is 2.92. The fraction of sp³-hybridized carbons (Fsp3) is 0.714. The van der Waals surface area contributed by atoms with Crippen LogP contribution in [0.25, 0.3) is 0 Å². The number of nitrogens with one attached hydrogen (secondary N) is 1. The molecule has 0 unspecified atom stereocenters. The summed E-state index contributed by atoms with van der Waals surface area (Å²) in [4.78, 5) is 26.6. The lowest BCUT2D eigenvalue weighted by molar-refractivity contribution is -0.160. The van der Waals surface area contributed by atoms with Crippen LogP contribution in [0.2, 0.25) is 0 Å². The molecule has 0 bridgehead atoms. The van der Waals surface area contributed by atoms with Crippen LogP contribution in [0.3, 0.4) is 0 Å². The number of allylic oxidation sites excluding steroid dienone is 1. The zero-order chi connectivity index (χ0) is 14.0. The van der Waals surface area contributed by atoms with E-state index < -0.39 is 11.1 Å². The van der Waals surface area contributed by atoms with Gasteiger partial charge in [-0.15, -0.1) is 0 Å². The smallest absolute Gasteiger partial charge is 0.249 e. The third-order valence-corrected chi connectivity index (χ3v) is 3.97. The molecule has 0 spiro atoms. The number of piperazine rings is 1. The Labute approximate surface area is 109 Å². The fourth-order valence-electron chi connectivity index (χ4n) is 2.31. The maximum Gasteiger partial charge on any atom is 0.249 e. The van der Waals surface area contributed by atoms with E-state index in [0.717, 1.165) is 0 Å². The maximum absolute atomic E-state index is 12.7. The van der Waals surface area contributed by atoms with Gasteiger partial charge in [-0.1, -0.05) is 26.0 Å². The first-order valence-electron chi connectivity index (χ1n) is 6.61. The maximum atomic E-state index is 12.7. The summed E-state index contributed by atoms with van der Waals surface area (Å²) in [6.07, 6.45) is 5.05. The minimum absolute atomic E-state index is 0.0233. The average Bonchev–Trinajstić information content (AvgIpc) is 2.34. The normalized spacial score (nSPS) is 22.4. The summed E-state index contributed by atoms with van der Waals surface area (Å²) in [5.74, 6) is -0.0505. The van der Waals surface area contributed by atoms with Gasteiger partial charge in [0, 0.05) is 6.54 Å². The Kier molecular flexibility index (Phi) is 4.20. The van der Waals surface area contributed by atoms with Crippen molar-refractivity contribution < 1.29 is 9.59 Å². The van der Waals surface area contributed by atoms with E-state index >= 15 is 0 Å². The molecule has 1 N–H and O–H groups in total. The molecule has 0 aromatic rings. The molecule has 1 aliphatic rings. The predicted octanol–water partition coefficient (Wildman–Crippen LogP) is 1.86. The van der Waals surface area contributed by atoms with E-state index in [4.69, 9.17) is 0 Å². The van der Waals surface area contributed by atoms with Gasteiger partial charge in [-0.2, -0.15) is 0 Å². The Morgan fingerprint density at radius 3 is 2.22 bits per heavy atom. The van der Waals surface area contributed by atoms with Crippen LogP contribution in [-0.2, 0) is 9.59 Å².